The Morgan fingerprint density at radius 2 is 1.96 bits per heavy atom. The SMILES string of the molecule is CC(=O)NCCC(=O)N1CC2(CN(CC(C)C)CC3CC(O)CN32)C1. The normalized spacial score (nSPS) is 28.9. The van der Waals surface area contributed by atoms with Gasteiger partial charge in [0.25, 0.3) is 0 Å². The summed E-state index contributed by atoms with van der Waals surface area (Å²) in [5.74, 6) is 0.625. The van der Waals surface area contributed by atoms with Gasteiger partial charge in [0.15, 0.2) is 0 Å². The van der Waals surface area contributed by atoms with Gasteiger partial charge in [-0.2, -0.15) is 0 Å². The number of nitrogens with one attached hydrogen (secondary N) is 1. The minimum Gasteiger partial charge on any atom is -0.392 e. The summed E-state index contributed by atoms with van der Waals surface area (Å²) in [6.07, 6.45) is 0.954. The van der Waals surface area contributed by atoms with Gasteiger partial charge < -0.3 is 15.3 Å². The number of rotatable bonds is 5. The second kappa shape index (κ2) is 7.21. The van der Waals surface area contributed by atoms with E-state index in [1.165, 1.54) is 6.92 Å². The number of nitrogens with zero attached hydrogens (tertiary/aromatic N) is 3. The Kier molecular flexibility index (Phi) is 5.37. The van der Waals surface area contributed by atoms with E-state index in [2.05, 4.69) is 29.0 Å². The van der Waals surface area contributed by atoms with Gasteiger partial charge in [-0.3, -0.25) is 19.4 Å². The zero-order valence-electron chi connectivity index (χ0n) is 15.7. The highest BCUT2D eigenvalue weighted by Gasteiger charge is 2.56. The van der Waals surface area contributed by atoms with E-state index < -0.39 is 0 Å². The third-order valence-electron chi connectivity index (χ3n) is 5.65. The first-order valence-electron chi connectivity index (χ1n) is 9.48. The van der Waals surface area contributed by atoms with Crippen LogP contribution in [0.1, 0.15) is 33.6 Å². The molecule has 3 heterocycles. The molecule has 0 aromatic carbocycles. The third kappa shape index (κ3) is 3.99. The summed E-state index contributed by atoms with van der Waals surface area (Å²) in [6.45, 7) is 11.6. The van der Waals surface area contributed by atoms with Crippen LogP contribution >= 0.6 is 0 Å². The number of carbonyl (C=O) groups is 2. The lowest BCUT2D eigenvalue weighted by atomic mass is 9.83. The average Bonchev–Trinajstić information content (AvgIpc) is 2.83. The van der Waals surface area contributed by atoms with Crippen molar-refractivity contribution < 1.29 is 14.7 Å². The molecule has 2 unspecified atom stereocenters. The largest absolute Gasteiger partial charge is 0.392 e. The summed E-state index contributed by atoms with van der Waals surface area (Å²) < 4.78 is 0. The molecule has 0 radical (unpaired) electrons. The Hall–Kier alpha value is -1.18. The van der Waals surface area contributed by atoms with E-state index in [1.54, 1.807) is 0 Å². The molecule has 2 atom stereocenters. The van der Waals surface area contributed by atoms with E-state index >= 15 is 0 Å². The van der Waals surface area contributed by atoms with Gasteiger partial charge >= 0.3 is 0 Å². The molecule has 3 fully saturated rings. The molecule has 3 saturated heterocycles. The minimum atomic E-state index is -0.245. The molecule has 1 spiro atoms. The lowest BCUT2D eigenvalue weighted by molar-refractivity contribution is -0.156. The summed E-state index contributed by atoms with van der Waals surface area (Å²) in [4.78, 5) is 30.2. The molecule has 0 saturated carbocycles. The Morgan fingerprint density at radius 1 is 1.24 bits per heavy atom. The molecular weight excluding hydrogens is 320 g/mol. The summed E-state index contributed by atoms with van der Waals surface area (Å²) in [5.41, 5.74) is -0.00104. The summed E-state index contributed by atoms with van der Waals surface area (Å²) in [5, 5.41) is 12.8. The molecule has 0 bridgehead atoms. The van der Waals surface area contributed by atoms with Crippen molar-refractivity contribution in [2.24, 2.45) is 5.92 Å². The highest BCUT2D eigenvalue weighted by Crippen LogP contribution is 2.39. The first kappa shape index (κ1) is 18.6. The molecular formula is C18H32N4O3. The maximum atomic E-state index is 12.3. The molecule has 142 valence electrons. The second-order valence-electron chi connectivity index (χ2n) is 8.49. The van der Waals surface area contributed by atoms with Crippen LogP contribution in [0, 0.1) is 5.92 Å². The van der Waals surface area contributed by atoms with Gasteiger partial charge in [-0.05, 0) is 12.3 Å². The molecule has 2 N–H and O–H groups in total. The number of aliphatic hydroxyl groups excluding tert-OH is 1. The molecule has 0 aromatic heterocycles. The van der Waals surface area contributed by atoms with Crippen LogP contribution in [-0.2, 0) is 9.59 Å². The molecule has 3 rings (SSSR count). The maximum absolute atomic E-state index is 12.3. The topological polar surface area (TPSA) is 76.1 Å². The number of piperazine rings is 1. The number of hydrogen-bond acceptors (Lipinski definition) is 5. The fourth-order valence-electron chi connectivity index (χ4n) is 4.80. The maximum Gasteiger partial charge on any atom is 0.224 e. The molecule has 7 heteroatoms. The fraction of sp³-hybridized carbons (Fsp3) is 0.889. The van der Waals surface area contributed by atoms with Crippen molar-refractivity contribution in [1.82, 2.24) is 20.0 Å². The Labute approximate surface area is 150 Å². The van der Waals surface area contributed by atoms with Crippen molar-refractivity contribution in [2.75, 3.05) is 45.8 Å². The number of aliphatic hydroxyl groups is 1. The summed E-state index contributed by atoms with van der Waals surface area (Å²) in [6, 6.07) is 0.402. The lowest BCUT2D eigenvalue weighted by Gasteiger charge is -2.61. The van der Waals surface area contributed by atoms with E-state index in [4.69, 9.17) is 0 Å². The van der Waals surface area contributed by atoms with Crippen LogP contribution in [0.2, 0.25) is 0 Å². The molecule has 0 aromatic rings. The lowest BCUT2D eigenvalue weighted by Crippen LogP contribution is -2.78. The van der Waals surface area contributed by atoms with Crippen molar-refractivity contribution in [3.05, 3.63) is 0 Å². The summed E-state index contributed by atoms with van der Waals surface area (Å²) >= 11 is 0. The highest BCUT2D eigenvalue weighted by atomic mass is 16.3. The number of hydrogen-bond donors (Lipinski definition) is 2. The van der Waals surface area contributed by atoms with E-state index in [0.29, 0.717) is 24.9 Å². The molecule has 3 aliphatic rings. The highest BCUT2D eigenvalue weighted by molar-refractivity contribution is 5.79. The van der Waals surface area contributed by atoms with Gasteiger partial charge in [0, 0.05) is 65.2 Å². The van der Waals surface area contributed by atoms with Crippen molar-refractivity contribution in [2.45, 2.75) is 51.3 Å². The van der Waals surface area contributed by atoms with Crippen molar-refractivity contribution in [3.63, 3.8) is 0 Å². The summed E-state index contributed by atoms with van der Waals surface area (Å²) in [7, 11) is 0. The fourth-order valence-corrected chi connectivity index (χ4v) is 4.80. The molecule has 3 aliphatic heterocycles. The predicted molar refractivity (Wildman–Crippen MR) is 95.0 cm³/mol. The van der Waals surface area contributed by atoms with Crippen molar-refractivity contribution in [1.29, 1.82) is 0 Å². The van der Waals surface area contributed by atoms with Gasteiger partial charge in [0.05, 0.1) is 11.6 Å². The average molecular weight is 352 g/mol. The van der Waals surface area contributed by atoms with Crippen LogP contribution < -0.4 is 5.32 Å². The van der Waals surface area contributed by atoms with Crippen molar-refractivity contribution >= 4 is 11.8 Å². The van der Waals surface area contributed by atoms with Gasteiger partial charge in [-0.15, -0.1) is 0 Å². The van der Waals surface area contributed by atoms with Gasteiger partial charge in [0.1, 0.15) is 0 Å². The Morgan fingerprint density at radius 3 is 2.60 bits per heavy atom. The first-order chi connectivity index (χ1) is 11.8. The second-order valence-corrected chi connectivity index (χ2v) is 8.49. The number of β-amino-alcohol motifs (C(OH)–C–C–N with tert-alkyl or cyclic N) is 1. The first-order valence-corrected chi connectivity index (χ1v) is 9.48. The van der Waals surface area contributed by atoms with Crippen molar-refractivity contribution in [3.8, 4) is 0 Å². The number of carbonyl (C=O) groups excluding carboxylic acids is 2. The van der Waals surface area contributed by atoms with E-state index in [9.17, 15) is 14.7 Å². The van der Waals surface area contributed by atoms with E-state index in [0.717, 1.165) is 45.7 Å². The van der Waals surface area contributed by atoms with E-state index in [1.807, 2.05) is 4.90 Å². The van der Waals surface area contributed by atoms with Crippen LogP contribution in [0.4, 0.5) is 0 Å². The number of fused-ring (bicyclic) bond motifs is 2. The van der Waals surface area contributed by atoms with Crippen LogP contribution in [0.3, 0.4) is 0 Å². The zero-order chi connectivity index (χ0) is 18.2. The minimum absolute atomic E-state index is 0.00104. The Bertz CT molecular complexity index is 518. The van der Waals surface area contributed by atoms with E-state index in [-0.39, 0.29) is 23.5 Å². The van der Waals surface area contributed by atoms with Crippen LogP contribution in [0.15, 0.2) is 0 Å². The standard InChI is InChI=1S/C18H32N4O3/c1-13(2)7-20-8-15-6-16(24)9-22(15)18(10-20)11-21(12-18)17(25)4-5-19-14(3)23/h13,15-16,24H,4-12H2,1-3H3,(H,19,23). The molecule has 7 nitrogen and oxygen atoms in total. The van der Waals surface area contributed by atoms with Gasteiger partial charge in [0.2, 0.25) is 11.8 Å². The van der Waals surface area contributed by atoms with Crippen LogP contribution in [0.25, 0.3) is 0 Å². The van der Waals surface area contributed by atoms with Gasteiger partial charge in [-0.1, -0.05) is 13.8 Å². The predicted octanol–water partition coefficient (Wildman–Crippen LogP) is -0.500. The smallest absolute Gasteiger partial charge is 0.224 e. The quantitative estimate of drug-likeness (QED) is 0.698. The monoisotopic (exact) mass is 352 g/mol. The molecule has 25 heavy (non-hydrogen) atoms. The number of likely N-dealkylation sites (tertiary alicyclic amines) is 1. The Balaban J connectivity index is 1.60. The van der Waals surface area contributed by atoms with Gasteiger partial charge in [-0.25, -0.2) is 0 Å². The molecule has 0 aliphatic carbocycles. The zero-order valence-corrected chi connectivity index (χ0v) is 15.7. The van der Waals surface area contributed by atoms with Crippen LogP contribution in [-0.4, -0.2) is 95.1 Å². The molecule has 2 amide bonds. The third-order valence-corrected chi connectivity index (χ3v) is 5.65. The number of amides is 2. The van der Waals surface area contributed by atoms with Crippen LogP contribution in [0.5, 0.6) is 0 Å².